The van der Waals surface area contributed by atoms with E-state index >= 15 is 0 Å². The van der Waals surface area contributed by atoms with Crippen LogP contribution in [0.25, 0.3) is 10.9 Å². The van der Waals surface area contributed by atoms with Gasteiger partial charge >= 0.3 is 0 Å². The molecule has 3 saturated carbocycles. The second-order valence-corrected chi connectivity index (χ2v) is 12.5. The van der Waals surface area contributed by atoms with E-state index in [0.29, 0.717) is 49.3 Å². The van der Waals surface area contributed by atoms with Crippen LogP contribution in [0.15, 0.2) is 29.2 Å². The molecule has 6 rings (SSSR count). The van der Waals surface area contributed by atoms with Crippen molar-refractivity contribution in [3.63, 3.8) is 0 Å². The van der Waals surface area contributed by atoms with E-state index in [9.17, 15) is 13.2 Å². The molecule has 0 bridgehead atoms. The summed E-state index contributed by atoms with van der Waals surface area (Å²) in [5.41, 5.74) is 2.26. The quantitative estimate of drug-likeness (QED) is 0.679. The Balaban J connectivity index is 1.10. The van der Waals surface area contributed by atoms with Crippen LogP contribution in [-0.2, 0) is 26.6 Å². The topological polar surface area (TPSA) is 80.6 Å². The lowest BCUT2D eigenvalue weighted by Crippen LogP contribution is -2.52. The molecule has 1 aromatic carbocycles. The predicted octanol–water partition coefficient (Wildman–Crippen LogP) is 3.53. The number of sulfonamides is 1. The van der Waals surface area contributed by atoms with E-state index in [1.807, 2.05) is 13.1 Å². The molecule has 0 spiro atoms. The zero-order valence-corrected chi connectivity index (χ0v) is 20.7. The summed E-state index contributed by atoms with van der Waals surface area (Å²) in [7, 11) is -1.58. The van der Waals surface area contributed by atoms with Crippen molar-refractivity contribution in [1.29, 1.82) is 0 Å². The van der Waals surface area contributed by atoms with Gasteiger partial charge in [-0.05, 0) is 86.8 Å². The molecule has 2 heterocycles. The number of amides is 1. The van der Waals surface area contributed by atoms with Crippen molar-refractivity contribution < 1.29 is 17.9 Å². The molecule has 184 valence electrons. The van der Waals surface area contributed by atoms with E-state index in [0.717, 1.165) is 23.7 Å². The van der Waals surface area contributed by atoms with Gasteiger partial charge in [0.15, 0.2) is 0 Å². The molecular weight excluding hydrogens is 450 g/mol. The Morgan fingerprint density at radius 1 is 1.03 bits per heavy atom. The highest BCUT2D eigenvalue weighted by atomic mass is 32.2. The summed E-state index contributed by atoms with van der Waals surface area (Å²) in [4.78, 5) is 15.6. The summed E-state index contributed by atoms with van der Waals surface area (Å²) >= 11 is 0. The average Bonchev–Trinajstić information content (AvgIpc) is 3.77. The number of ether oxygens (including phenoxy) is 1. The minimum Gasteiger partial charge on any atom is -0.377 e. The van der Waals surface area contributed by atoms with E-state index in [4.69, 9.17) is 4.74 Å². The lowest BCUT2D eigenvalue weighted by atomic mass is 9.85. The van der Waals surface area contributed by atoms with Gasteiger partial charge in [-0.25, -0.2) is 13.1 Å². The third-order valence-electron chi connectivity index (χ3n) is 8.37. The fraction of sp³-hybridized carbons (Fsp3) is 0.654. The van der Waals surface area contributed by atoms with Crippen LogP contribution in [0, 0.1) is 11.8 Å². The lowest BCUT2D eigenvalue weighted by molar-refractivity contribution is -0.146. The van der Waals surface area contributed by atoms with Gasteiger partial charge in [-0.15, -0.1) is 0 Å². The van der Waals surface area contributed by atoms with Crippen LogP contribution >= 0.6 is 0 Å². The number of rotatable bonds is 6. The lowest BCUT2D eigenvalue weighted by Gasteiger charge is -2.39. The van der Waals surface area contributed by atoms with Gasteiger partial charge in [0.2, 0.25) is 15.9 Å². The molecule has 2 aromatic rings. The predicted molar refractivity (Wildman–Crippen MR) is 130 cm³/mol. The van der Waals surface area contributed by atoms with Crippen molar-refractivity contribution >= 4 is 26.8 Å². The van der Waals surface area contributed by atoms with Crippen molar-refractivity contribution in [2.45, 2.75) is 74.3 Å². The average molecular weight is 486 g/mol. The minimum atomic E-state index is -3.61. The smallest absolute Gasteiger partial charge is 0.240 e. The first kappa shape index (κ1) is 22.6. The van der Waals surface area contributed by atoms with E-state index in [1.54, 1.807) is 12.1 Å². The van der Waals surface area contributed by atoms with Crippen LogP contribution < -0.4 is 4.72 Å². The summed E-state index contributed by atoms with van der Waals surface area (Å²) in [5, 5.41) is 1.09. The number of aryl methyl sites for hydroxylation is 1. The molecule has 8 heteroatoms. The maximum Gasteiger partial charge on any atom is 0.240 e. The molecule has 1 atom stereocenters. The van der Waals surface area contributed by atoms with Crippen LogP contribution in [0.5, 0.6) is 0 Å². The van der Waals surface area contributed by atoms with Crippen molar-refractivity contribution in [3.8, 4) is 0 Å². The van der Waals surface area contributed by atoms with Gasteiger partial charge in [0.25, 0.3) is 0 Å². The molecule has 0 radical (unpaired) electrons. The van der Waals surface area contributed by atoms with Crippen molar-refractivity contribution in [2.75, 3.05) is 19.8 Å². The molecule has 1 N–H and O–H groups in total. The monoisotopic (exact) mass is 485 g/mol. The summed E-state index contributed by atoms with van der Waals surface area (Å²) in [6.07, 6.45) is 7.71. The van der Waals surface area contributed by atoms with Crippen molar-refractivity contribution in [3.05, 3.63) is 30.0 Å². The number of aromatic nitrogens is 1. The Morgan fingerprint density at radius 3 is 2.50 bits per heavy atom. The molecule has 4 fully saturated rings. The normalized spacial score (nSPS) is 28.4. The highest BCUT2D eigenvalue weighted by Gasteiger charge is 2.41. The second kappa shape index (κ2) is 8.64. The van der Waals surface area contributed by atoms with Crippen LogP contribution in [0.3, 0.4) is 0 Å². The van der Waals surface area contributed by atoms with E-state index < -0.39 is 10.0 Å². The fourth-order valence-corrected chi connectivity index (χ4v) is 7.34. The number of hydrogen-bond donors (Lipinski definition) is 1. The second-order valence-electron chi connectivity index (χ2n) is 10.8. The molecule has 3 aliphatic carbocycles. The van der Waals surface area contributed by atoms with Crippen molar-refractivity contribution in [1.82, 2.24) is 14.2 Å². The molecule has 4 aliphatic rings. The van der Waals surface area contributed by atoms with Gasteiger partial charge in [-0.2, -0.15) is 0 Å². The summed E-state index contributed by atoms with van der Waals surface area (Å²) in [6, 6.07) is 7.75. The zero-order valence-electron chi connectivity index (χ0n) is 19.9. The van der Waals surface area contributed by atoms with Crippen LogP contribution in [-0.4, -0.2) is 55.6 Å². The van der Waals surface area contributed by atoms with Crippen LogP contribution in [0.1, 0.15) is 63.0 Å². The summed E-state index contributed by atoms with van der Waals surface area (Å²) in [6.45, 7) is 1.98. The summed E-state index contributed by atoms with van der Waals surface area (Å²) in [5.74, 6) is 1.47. The van der Waals surface area contributed by atoms with Gasteiger partial charge in [-0.1, -0.05) is 6.07 Å². The van der Waals surface area contributed by atoms with Gasteiger partial charge in [0, 0.05) is 36.8 Å². The van der Waals surface area contributed by atoms with Gasteiger partial charge in [0.1, 0.15) is 0 Å². The number of morpholine rings is 1. The number of carbonyl (C=O) groups excluding carboxylic acids is 1. The third kappa shape index (κ3) is 4.29. The Hall–Kier alpha value is -1.90. The van der Waals surface area contributed by atoms with Gasteiger partial charge in [0.05, 0.1) is 24.2 Å². The molecule has 1 saturated heterocycles. The standard InChI is InChI=1S/C26H35N3O4S/c1-28-23(17-2-3-17)14-20-8-11-22(15-24(20)28)34(31,32)27-21-9-6-19(7-10-21)26(30)29-12-13-33-16-25(29)18-4-5-18/h8,11,14-15,17-19,21,25,27H,2-7,9-10,12-13,16H2,1H3/t19?,21?,25-/m1/s1. The minimum absolute atomic E-state index is 0.000618. The highest BCUT2D eigenvalue weighted by Crippen LogP contribution is 2.42. The molecule has 34 heavy (non-hydrogen) atoms. The number of nitrogens with zero attached hydrogens (tertiary/aromatic N) is 2. The van der Waals surface area contributed by atoms with Crippen LogP contribution in [0.4, 0.5) is 0 Å². The van der Waals surface area contributed by atoms with Crippen molar-refractivity contribution in [2.24, 2.45) is 18.9 Å². The molecule has 1 aliphatic heterocycles. The number of carbonyl (C=O) groups is 1. The number of nitrogens with one attached hydrogen (secondary N) is 1. The number of hydrogen-bond acceptors (Lipinski definition) is 4. The Labute approximate surface area is 201 Å². The first-order valence-electron chi connectivity index (χ1n) is 12.9. The third-order valence-corrected chi connectivity index (χ3v) is 9.89. The maximum atomic E-state index is 13.2. The first-order chi connectivity index (χ1) is 16.4. The Bertz CT molecular complexity index is 1190. The Morgan fingerprint density at radius 2 is 1.79 bits per heavy atom. The zero-order chi connectivity index (χ0) is 23.4. The van der Waals surface area contributed by atoms with Gasteiger partial charge < -0.3 is 14.2 Å². The maximum absolute atomic E-state index is 13.2. The number of benzene rings is 1. The molecule has 1 aromatic heterocycles. The highest BCUT2D eigenvalue weighted by molar-refractivity contribution is 7.89. The SMILES string of the molecule is Cn1c(C2CC2)cc2ccc(S(=O)(=O)NC3CCC(C(=O)N4CCOC[C@@H]4C4CC4)CC3)cc21. The molecule has 0 unspecified atom stereocenters. The largest absolute Gasteiger partial charge is 0.377 e. The van der Waals surface area contributed by atoms with E-state index in [-0.39, 0.29) is 23.9 Å². The fourth-order valence-electron chi connectivity index (χ4n) is 6.02. The molecule has 7 nitrogen and oxygen atoms in total. The molecular formula is C26H35N3O4S. The summed E-state index contributed by atoms with van der Waals surface area (Å²) < 4.78 is 37.1. The number of fused-ring (bicyclic) bond motifs is 1. The van der Waals surface area contributed by atoms with Gasteiger partial charge in [-0.3, -0.25) is 4.79 Å². The first-order valence-corrected chi connectivity index (χ1v) is 14.4. The van der Waals surface area contributed by atoms with E-state index in [2.05, 4.69) is 20.3 Å². The Kier molecular flexibility index (Phi) is 5.73. The van der Waals surface area contributed by atoms with Crippen LogP contribution in [0.2, 0.25) is 0 Å². The molecule has 1 amide bonds. The van der Waals surface area contributed by atoms with E-state index in [1.165, 1.54) is 31.4 Å².